The van der Waals surface area contributed by atoms with E-state index in [1.54, 1.807) is 24.3 Å². The molecule has 1 aliphatic heterocycles. The number of nitrogens with zero attached hydrogens (tertiary/aromatic N) is 1. The van der Waals surface area contributed by atoms with Crippen LogP contribution in [0.4, 0.5) is 4.79 Å². The highest BCUT2D eigenvalue weighted by atomic mass is 35.5. The minimum Gasteiger partial charge on any atom is -0.468 e. The van der Waals surface area contributed by atoms with Crippen molar-refractivity contribution in [2.24, 2.45) is 0 Å². The van der Waals surface area contributed by atoms with Gasteiger partial charge in [-0.2, -0.15) is 0 Å². The summed E-state index contributed by atoms with van der Waals surface area (Å²) in [4.78, 5) is 24.7. The average molecular weight is 298 g/mol. The van der Waals surface area contributed by atoms with Crippen molar-refractivity contribution in [1.82, 2.24) is 4.90 Å². The second kappa shape index (κ2) is 6.13. The van der Waals surface area contributed by atoms with Gasteiger partial charge in [-0.25, -0.2) is 4.79 Å². The monoisotopic (exact) mass is 297 g/mol. The summed E-state index contributed by atoms with van der Waals surface area (Å²) in [6, 6.07) is 6.46. The normalized spacial score (nSPS) is 19.7. The smallest absolute Gasteiger partial charge is 0.407 e. The van der Waals surface area contributed by atoms with E-state index < -0.39 is 18.0 Å². The van der Waals surface area contributed by atoms with Gasteiger partial charge in [-0.15, -0.1) is 0 Å². The fourth-order valence-electron chi connectivity index (χ4n) is 2.69. The lowest BCUT2D eigenvalue weighted by atomic mass is 9.90. The molecule has 1 amide bonds. The summed E-state index contributed by atoms with van der Waals surface area (Å²) in [5.41, 5.74) is 0.722. The first-order chi connectivity index (χ1) is 9.54. The van der Waals surface area contributed by atoms with Gasteiger partial charge in [0.15, 0.2) is 0 Å². The largest absolute Gasteiger partial charge is 0.468 e. The Hall–Kier alpha value is -1.75. The van der Waals surface area contributed by atoms with Gasteiger partial charge < -0.3 is 14.7 Å². The lowest BCUT2D eigenvalue weighted by Crippen LogP contribution is -2.41. The van der Waals surface area contributed by atoms with Crippen LogP contribution in [0.1, 0.15) is 24.3 Å². The number of amides is 1. The van der Waals surface area contributed by atoms with Gasteiger partial charge in [0.25, 0.3) is 0 Å². The summed E-state index contributed by atoms with van der Waals surface area (Å²) in [6.45, 7) is 0.446. The second-order valence-electron chi connectivity index (χ2n) is 4.74. The van der Waals surface area contributed by atoms with Gasteiger partial charge in [-0.05, 0) is 30.5 Å². The summed E-state index contributed by atoms with van der Waals surface area (Å²) in [5, 5.41) is 9.80. The zero-order chi connectivity index (χ0) is 14.7. The summed E-state index contributed by atoms with van der Waals surface area (Å²) in [6.07, 6.45) is 0.391. The maximum atomic E-state index is 12.1. The molecule has 5 nitrogen and oxygen atoms in total. The topological polar surface area (TPSA) is 66.8 Å². The minimum atomic E-state index is -1.00. The van der Waals surface area contributed by atoms with Crippen molar-refractivity contribution < 1.29 is 19.4 Å². The molecule has 20 heavy (non-hydrogen) atoms. The Morgan fingerprint density at radius 3 is 2.60 bits per heavy atom. The third kappa shape index (κ3) is 2.88. The number of rotatable bonds is 3. The SMILES string of the molecule is COC(=O)[C@@H](c1ccc(Cl)cc1)[C@H]1CCCN1C(=O)O. The Morgan fingerprint density at radius 2 is 2.05 bits per heavy atom. The minimum absolute atomic E-state index is 0.388. The number of ether oxygens (including phenoxy) is 1. The lowest BCUT2D eigenvalue weighted by Gasteiger charge is -2.28. The molecule has 1 heterocycles. The van der Waals surface area contributed by atoms with Crippen LogP contribution in [0.25, 0.3) is 0 Å². The maximum absolute atomic E-state index is 12.1. The first kappa shape index (κ1) is 14.7. The summed E-state index contributed by atoms with van der Waals surface area (Å²) < 4.78 is 4.85. The highest BCUT2D eigenvalue weighted by Gasteiger charge is 2.40. The zero-order valence-corrected chi connectivity index (χ0v) is 11.8. The Kier molecular flexibility index (Phi) is 4.49. The van der Waals surface area contributed by atoms with E-state index in [1.165, 1.54) is 12.0 Å². The van der Waals surface area contributed by atoms with E-state index in [0.717, 1.165) is 12.0 Å². The Labute approximate surface area is 122 Å². The molecule has 1 fully saturated rings. The molecular weight excluding hydrogens is 282 g/mol. The molecule has 1 aromatic carbocycles. The molecule has 1 aliphatic rings. The molecular formula is C14H16ClNO4. The molecule has 6 heteroatoms. The molecule has 2 atom stereocenters. The van der Waals surface area contributed by atoms with Crippen LogP contribution in [0, 0.1) is 0 Å². The Morgan fingerprint density at radius 1 is 1.40 bits per heavy atom. The number of hydrogen-bond donors (Lipinski definition) is 1. The second-order valence-corrected chi connectivity index (χ2v) is 5.17. The first-order valence-corrected chi connectivity index (χ1v) is 6.75. The van der Waals surface area contributed by atoms with Crippen molar-refractivity contribution in [1.29, 1.82) is 0 Å². The molecule has 1 aromatic rings. The number of halogens is 1. The number of carbonyl (C=O) groups excluding carboxylic acids is 1. The molecule has 0 saturated carbocycles. The average Bonchev–Trinajstić information content (AvgIpc) is 2.90. The molecule has 1 saturated heterocycles. The predicted octanol–water partition coefficient (Wildman–Crippen LogP) is 2.74. The molecule has 0 bridgehead atoms. The number of hydrogen-bond acceptors (Lipinski definition) is 3. The van der Waals surface area contributed by atoms with Crippen molar-refractivity contribution in [3.05, 3.63) is 34.9 Å². The molecule has 0 unspecified atom stereocenters. The maximum Gasteiger partial charge on any atom is 0.407 e. The van der Waals surface area contributed by atoms with Crippen LogP contribution in [-0.4, -0.2) is 41.8 Å². The molecule has 0 aliphatic carbocycles. The van der Waals surface area contributed by atoms with Gasteiger partial charge >= 0.3 is 12.1 Å². The number of carbonyl (C=O) groups is 2. The molecule has 1 N–H and O–H groups in total. The Balaban J connectivity index is 2.35. The van der Waals surface area contributed by atoms with Crippen LogP contribution in [0.2, 0.25) is 5.02 Å². The van der Waals surface area contributed by atoms with E-state index in [-0.39, 0.29) is 6.04 Å². The van der Waals surface area contributed by atoms with Gasteiger partial charge in [-0.1, -0.05) is 23.7 Å². The summed E-state index contributed by atoms with van der Waals surface area (Å²) in [5.74, 6) is -1.04. The van der Waals surface area contributed by atoms with Crippen LogP contribution < -0.4 is 0 Å². The first-order valence-electron chi connectivity index (χ1n) is 6.37. The van der Waals surface area contributed by atoms with Crippen molar-refractivity contribution in [3.63, 3.8) is 0 Å². The van der Waals surface area contributed by atoms with E-state index in [9.17, 15) is 14.7 Å². The quantitative estimate of drug-likeness (QED) is 0.871. The summed E-state index contributed by atoms with van der Waals surface area (Å²) >= 11 is 5.85. The van der Waals surface area contributed by atoms with Crippen LogP contribution >= 0.6 is 11.6 Å². The molecule has 0 radical (unpaired) electrons. The molecule has 2 rings (SSSR count). The number of likely N-dealkylation sites (tertiary alicyclic amines) is 1. The van der Waals surface area contributed by atoms with Crippen molar-refractivity contribution in [2.45, 2.75) is 24.8 Å². The van der Waals surface area contributed by atoms with Gasteiger partial charge in [-0.3, -0.25) is 4.79 Å². The van der Waals surface area contributed by atoms with E-state index in [0.29, 0.717) is 18.0 Å². The van der Waals surface area contributed by atoms with E-state index in [2.05, 4.69) is 0 Å². The van der Waals surface area contributed by atoms with Crippen LogP contribution in [0.3, 0.4) is 0 Å². The Bertz CT molecular complexity index is 502. The van der Waals surface area contributed by atoms with Crippen molar-refractivity contribution in [3.8, 4) is 0 Å². The van der Waals surface area contributed by atoms with Gasteiger partial charge in [0, 0.05) is 11.6 Å². The fourth-order valence-corrected chi connectivity index (χ4v) is 2.81. The van der Waals surface area contributed by atoms with Crippen molar-refractivity contribution >= 4 is 23.7 Å². The number of esters is 1. The molecule has 108 valence electrons. The van der Waals surface area contributed by atoms with Gasteiger partial charge in [0.2, 0.25) is 0 Å². The van der Waals surface area contributed by atoms with E-state index in [4.69, 9.17) is 16.3 Å². The number of carboxylic acid groups (broad SMARTS) is 1. The molecule has 0 spiro atoms. The van der Waals surface area contributed by atoms with Gasteiger partial charge in [0.05, 0.1) is 13.2 Å². The number of benzene rings is 1. The van der Waals surface area contributed by atoms with Crippen LogP contribution in [-0.2, 0) is 9.53 Å². The fraction of sp³-hybridized carbons (Fsp3) is 0.429. The number of methoxy groups -OCH3 is 1. The molecule has 0 aromatic heterocycles. The third-order valence-corrected chi connectivity index (χ3v) is 3.87. The van der Waals surface area contributed by atoms with Gasteiger partial charge in [0.1, 0.15) is 5.92 Å². The third-order valence-electron chi connectivity index (χ3n) is 3.61. The predicted molar refractivity (Wildman–Crippen MR) is 74.0 cm³/mol. The van der Waals surface area contributed by atoms with Crippen molar-refractivity contribution in [2.75, 3.05) is 13.7 Å². The lowest BCUT2D eigenvalue weighted by molar-refractivity contribution is -0.143. The van der Waals surface area contributed by atoms with Crippen LogP contribution in [0.15, 0.2) is 24.3 Å². The highest BCUT2D eigenvalue weighted by molar-refractivity contribution is 6.30. The van der Waals surface area contributed by atoms with E-state index in [1.807, 2.05) is 0 Å². The zero-order valence-electron chi connectivity index (χ0n) is 11.1. The standard InChI is InChI=1S/C14H16ClNO4/c1-20-13(17)12(9-4-6-10(15)7-5-9)11-3-2-8-16(11)14(18)19/h4-7,11-12H,2-3,8H2,1H3,(H,18,19)/t11-,12+/m1/s1. The van der Waals surface area contributed by atoms with E-state index >= 15 is 0 Å². The summed E-state index contributed by atoms with van der Waals surface area (Å²) in [7, 11) is 1.31. The highest BCUT2D eigenvalue weighted by Crippen LogP contribution is 2.32. The van der Waals surface area contributed by atoms with Crippen LogP contribution in [0.5, 0.6) is 0 Å².